The molecule has 2 heterocycles. The zero-order chi connectivity index (χ0) is 26.7. The molecule has 0 bridgehead atoms. The van der Waals surface area contributed by atoms with Gasteiger partial charge in [-0.15, -0.1) is 0 Å². The van der Waals surface area contributed by atoms with Gasteiger partial charge in [0.25, 0.3) is 0 Å². The third kappa shape index (κ3) is 4.08. The molecule has 40 heavy (non-hydrogen) atoms. The van der Waals surface area contributed by atoms with E-state index in [1.54, 1.807) is 24.8 Å². The van der Waals surface area contributed by atoms with Crippen LogP contribution in [-0.2, 0) is 0 Å². The van der Waals surface area contributed by atoms with Crippen LogP contribution in [0.3, 0.4) is 0 Å². The minimum absolute atomic E-state index is 0.600. The summed E-state index contributed by atoms with van der Waals surface area (Å²) in [6, 6.07) is 41.1. The maximum atomic E-state index is 4.68. The predicted octanol–water partition coefficient (Wildman–Crippen LogP) is 8.51. The van der Waals surface area contributed by atoms with Crippen molar-refractivity contribution in [3.63, 3.8) is 0 Å². The minimum Gasteiger partial charge on any atom is -0.278 e. The molecular formula is C34H24N6. The zero-order valence-electron chi connectivity index (χ0n) is 21.5. The fourth-order valence-electron chi connectivity index (χ4n) is 5.22. The minimum atomic E-state index is 0.600. The second kappa shape index (κ2) is 10.3. The highest BCUT2D eigenvalue weighted by molar-refractivity contribution is 6.22. The molecule has 0 fully saturated rings. The van der Waals surface area contributed by atoms with Gasteiger partial charge in [0.1, 0.15) is 0 Å². The van der Waals surface area contributed by atoms with Crippen LogP contribution in [0.4, 0.5) is 34.6 Å². The highest BCUT2D eigenvalue weighted by Gasteiger charge is 2.26. The molecule has 2 aromatic heterocycles. The Bertz CT molecular complexity index is 1620. The molecule has 190 valence electrons. The lowest BCUT2D eigenvalue weighted by Crippen LogP contribution is -2.17. The number of benzene rings is 5. The molecule has 0 unspecified atom stereocenters. The van der Waals surface area contributed by atoms with Gasteiger partial charge in [-0.05, 0) is 36.4 Å². The summed E-state index contributed by atoms with van der Waals surface area (Å²) in [5, 5.41) is 4.24. The summed E-state index contributed by atoms with van der Waals surface area (Å²) in [4.78, 5) is 23.0. The first-order chi connectivity index (χ1) is 19.9. The third-order valence-corrected chi connectivity index (χ3v) is 6.85. The molecule has 0 aliphatic heterocycles. The van der Waals surface area contributed by atoms with Crippen LogP contribution in [0.15, 0.2) is 146 Å². The Hall–Kier alpha value is -5.62. The molecule has 0 amide bonds. The molecule has 6 nitrogen and oxygen atoms in total. The fourth-order valence-corrected chi connectivity index (χ4v) is 5.22. The van der Waals surface area contributed by atoms with Gasteiger partial charge in [0.2, 0.25) is 11.9 Å². The van der Waals surface area contributed by atoms with Gasteiger partial charge in [-0.25, -0.2) is 19.9 Å². The standard InChI is InChI=1S/C34H24N6/c1-3-13-25(14-4-1)39(33-35-21-11-22-36-33)31-27-17-7-9-19-29(27)32(30-20-10-8-18-28(30)31)40(26-15-5-2-6-16-26)34-37-23-12-24-38-34/h1-24H. The number of hydrogen-bond donors (Lipinski definition) is 0. The maximum Gasteiger partial charge on any atom is 0.234 e. The first-order valence-electron chi connectivity index (χ1n) is 13.1. The van der Waals surface area contributed by atoms with Crippen molar-refractivity contribution in [3.05, 3.63) is 146 Å². The van der Waals surface area contributed by atoms with Crippen LogP contribution in [0.1, 0.15) is 0 Å². The van der Waals surface area contributed by atoms with E-state index >= 15 is 0 Å². The van der Waals surface area contributed by atoms with Crippen molar-refractivity contribution in [2.45, 2.75) is 0 Å². The van der Waals surface area contributed by atoms with Crippen molar-refractivity contribution in [2.24, 2.45) is 0 Å². The molecule has 5 aromatic carbocycles. The highest BCUT2D eigenvalue weighted by atomic mass is 15.3. The molecule has 0 N–H and O–H groups in total. The summed E-state index contributed by atoms with van der Waals surface area (Å²) in [6.45, 7) is 0. The number of para-hydroxylation sites is 2. The van der Waals surface area contributed by atoms with Crippen LogP contribution in [0.25, 0.3) is 21.5 Å². The lowest BCUT2D eigenvalue weighted by molar-refractivity contribution is 1.08. The van der Waals surface area contributed by atoms with Crippen LogP contribution in [0, 0.1) is 0 Å². The molecule has 0 spiro atoms. The van der Waals surface area contributed by atoms with Gasteiger partial charge in [0, 0.05) is 57.7 Å². The summed E-state index contributed by atoms with van der Waals surface area (Å²) in [5.41, 5.74) is 3.97. The third-order valence-electron chi connectivity index (χ3n) is 6.85. The molecule has 7 aromatic rings. The topological polar surface area (TPSA) is 58.0 Å². The number of nitrogens with zero attached hydrogens (tertiary/aromatic N) is 6. The lowest BCUT2D eigenvalue weighted by Gasteiger charge is -2.30. The fraction of sp³-hybridized carbons (Fsp3) is 0. The summed E-state index contributed by atoms with van der Waals surface area (Å²) < 4.78 is 0. The molecule has 0 aliphatic rings. The normalized spacial score (nSPS) is 11.0. The largest absolute Gasteiger partial charge is 0.278 e. The molecule has 0 atom stereocenters. The van der Waals surface area contributed by atoms with Gasteiger partial charge >= 0.3 is 0 Å². The average molecular weight is 517 g/mol. The second-order valence-corrected chi connectivity index (χ2v) is 9.23. The first-order valence-corrected chi connectivity index (χ1v) is 13.1. The quantitative estimate of drug-likeness (QED) is 0.163. The number of rotatable bonds is 6. The smallest absolute Gasteiger partial charge is 0.234 e. The van der Waals surface area contributed by atoms with E-state index < -0.39 is 0 Å². The van der Waals surface area contributed by atoms with Crippen molar-refractivity contribution >= 4 is 56.2 Å². The SMILES string of the molecule is c1ccc(N(c2ncccn2)c2c3ccccc3c(N(c3ccccc3)c3ncccn3)c3ccccc23)cc1. The van der Waals surface area contributed by atoms with Crippen LogP contribution < -0.4 is 9.80 Å². The molecule has 0 aliphatic carbocycles. The molecule has 0 saturated heterocycles. The Balaban J connectivity index is 1.62. The number of hydrogen-bond acceptors (Lipinski definition) is 6. The van der Waals surface area contributed by atoms with Gasteiger partial charge in [0.15, 0.2) is 0 Å². The Morgan fingerprint density at radius 3 is 0.950 bits per heavy atom. The van der Waals surface area contributed by atoms with E-state index in [9.17, 15) is 0 Å². The summed E-state index contributed by atoms with van der Waals surface area (Å²) in [7, 11) is 0. The Morgan fingerprint density at radius 1 is 0.325 bits per heavy atom. The molecule has 6 heteroatoms. The van der Waals surface area contributed by atoms with Crippen molar-refractivity contribution in [1.82, 2.24) is 19.9 Å². The summed E-state index contributed by atoms with van der Waals surface area (Å²) in [6.07, 6.45) is 7.11. The van der Waals surface area contributed by atoms with Crippen molar-refractivity contribution < 1.29 is 0 Å². The highest BCUT2D eigenvalue weighted by Crippen LogP contribution is 2.49. The van der Waals surface area contributed by atoms with E-state index in [-0.39, 0.29) is 0 Å². The van der Waals surface area contributed by atoms with E-state index in [0.29, 0.717) is 11.9 Å². The maximum absolute atomic E-state index is 4.68. The number of fused-ring (bicyclic) bond motifs is 2. The number of aromatic nitrogens is 4. The predicted molar refractivity (Wildman–Crippen MR) is 162 cm³/mol. The van der Waals surface area contributed by atoms with Crippen LogP contribution in [0.2, 0.25) is 0 Å². The van der Waals surface area contributed by atoms with E-state index in [4.69, 9.17) is 0 Å². The van der Waals surface area contributed by atoms with Gasteiger partial charge in [-0.1, -0.05) is 84.9 Å². The number of anilines is 6. The van der Waals surface area contributed by atoms with E-state index in [1.165, 1.54) is 0 Å². The zero-order valence-corrected chi connectivity index (χ0v) is 21.5. The first kappa shape index (κ1) is 23.5. The Morgan fingerprint density at radius 2 is 0.625 bits per heavy atom. The van der Waals surface area contributed by atoms with Crippen molar-refractivity contribution in [3.8, 4) is 0 Å². The molecular weight excluding hydrogens is 492 g/mol. The van der Waals surface area contributed by atoms with Gasteiger partial charge < -0.3 is 0 Å². The van der Waals surface area contributed by atoms with Crippen LogP contribution in [0.5, 0.6) is 0 Å². The molecule has 7 rings (SSSR count). The second-order valence-electron chi connectivity index (χ2n) is 9.23. The van der Waals surface area contributed by atoms with Crippen LogP contribution in [-0.4, -0.2) is 19.9 Å². The molecule has 0 saturated carbocycles. The van der Waals surface area contributed by atoms with Gasteiger partial charge in [-0.3, -0.25) is 9.80 Å². The van der Waals surface area contributed by atoms with Crippen LogP contribution >= 0.6 is 0 Å². The lowest BCUT2D eigenvalue weighted by atomic mass is 9.96. The monoisotopic (exact) mass is 516 g/mol. The molecule has 0 radical (unpaired) electrons. The van der Waals surface area contributed by atoms with Gasteiger partial charge in [-0.2, -0.15) is 0 Å². The van der Waals surface area contributed by atoms with Crippen molar-refractivity contribution in [1.29, 1.82) is 0 Å². The van der Waals surface area contributed by atoms with E-state index in [0.717, 1.165) is 44.3 Å². The average Bonchev–Trinajstić information content (AvgIpc) is 3.04. The van der Waals surface area contributed by atoms with E-state index in [2.05, 4.69) is 103 Å². The van der Waals surface area contributed by atoms with Gasteiger partial charge in [0.05, 0.1) is 11.4 Å². The van der Waals surface area contributed by atoms with E-state index in [1.807, 2.05) is 48.5 Å². The Labute approximate surface area is 231 Å². The van der Waals surface area contributed by atoms with Crippen molar-refractivity contribution in [2.75, 3.05) is 9.80 Å². The summed E-state index contributed by atoms with van der Waals surface area (Å²) in [5.74, 6) is 1.20. The summed E-state index contributed by atoms with van der Waals surface area (Å²) >= 11 is 0. The Kier molecular flexibility index (Phi) is 6.03.